The van der Waals surface area contributed by atoms with Crippen LogP contribution in [0.4, 0.5) is 0 Å². The number of benzene rings is 6. The predicted octanol–water partition coefficient (Wildman–Crippen LogP) is 8.31. The minimum absolute atomic E-state index is 0.201. The van der Waals surface area contributed by atoms with Crippen molar-refractivity contribution < 1.29 is 16.8 Å². The quantitative estimate of drug-likeness (QED) is 0.198. The average molecular weight is 625 g/mol. The van der Waals surface area contributed by atoms with Crippen LogP contribution in [0.25, 0.3) is 22.3 Å². The molecule has 0 saturated heterocycles. The lowest BCUT2D eigenvalue weighted by atomic mass is 9.70. The van der Waals surface area contributed by atoms with Crippen LogP contribution >= 0.6 is 0 Å². The van der Waals surface area contributed by atoms with Crippen molar-refractivity contribution >= 4 is 19.7 Å². The lowest BCUT2D eigenvalue weighted by Gasteiger charge is -2.31. The van der Waals surface area contributed by atoms with E-state index in [1.54, 1.807) is 72.8 Å². The average Bonchev–Trinajstić information content (AvgIpc) is 3.52. The Labute approximate surface area is 263 Å². The van der Waals surface area contributed by atoms with E-state index in [2.05, 4.69) is 24.3 Å². The summed E-state index contributed by atoms with van der Waals surface area (Å²) in [5.41, 5.74) is 8.58. The standard InChI is InChI=1S/C39H28O4S2/c1-25-11-15-27(16-12-25)44(40,41)29-19-21-33-34-22-20-30(45(42,43)28-17-13-26(2)14-18-28)24-38(34)39(37(33)23-29)35-9-5-3-7-31(35)32-8-4-6-10-36(32)39/h3-24H,1-2H3. The summed E-state index contributed by atoms with van der Waals surface area (Å²) in [5.74, 6) is 0. The molecule has 8 rings (SSSR count). The van der Waals surface area contributed by atoms with Gasteiger partial charge >= 0.3 is 0 Å². The maximum absolute atomic E-state index is 14.0. The maximum atomic E-state index is 14.0. The Morgan fingerprint density at radius 1 is 0.378 bits per heavy atom. The normalized spacial score (nSPS) is 14.1. The van der Waals surface area contributed by atoms with E-state index in [0.29, 0.717) is 0 Å². The number of rotatable bonds is 4. The van der Waals surface area contributed by atoms with Crippen molar-refractivity contribution in [3.8, 4) is 22.3 Å². The number of fused-ring (bicyclic) bond motifs is 10. The van der Waals surface area contributed by atoms with Crippen LogP contribution < -0.4 is 0 Å². The molecular formula is C39H28O4S2. The van der Waals surface area contributed by atoms with Gasteiger partial charge < -0.3 is 0 Å². The molecule has 0 saturated carbocycles. The first kappa shape index (κ1) is 27.7. The minimum atomic E-state index is -3.83. The highest BCUT2D eigenvalue weighted by Gasteiger charge is 2.52. The molecule has 0 unspecified atom stereocenters. The van der Waals surface area contributed by atoms with Gasteiger partial charge in [0.05, 0.1) is 25.0 Å². The van der Waals surface area contributed by atoms with E-state index in [0.717, 1.165) is 55.6 Å². The third kappa shape index (κ3) is 3.82. The summed E-state index contributed by atoms with van der Waals surface area (Å²) in [4.78, 5) is 0.867. The molecule has 0 heterocycles. The molecule has 0 aliphatic heterocycles. The smallest absolute Gasteiger partial charge is 0.206 e. The summed E-state index contributed by atoms with van der Waals surface area (Å²) in [6, 6.07) is 40.8. The molecule has 0 N–H and O–H groups in total. The zero-order valence-electron chi connectivity index (χ0n) is 24.7. The van der Waals surface area contributed by atoms with Gasteiger partial charge in [0.15, 0.2) is 0 Å². The van der Waals surface area contributed by atoms with Gasteiger partial charge in [-0.05, 0) is 107 Å². The molecule has 220 valence electrons. The van der Waals surface area contributed by atoms with Gasteiger partial charge in [0.2, 0.25) is 19.7 Å². The molecule has 4 nitrogen and oxygen atoms in total. The van der Waals surface area contributed by atoms with Crippen LogP contribution in [0, 0.1) is 13.8 Å². The van der Waals surface area contributed by atoms with Crippen molar-refractivity contribution in [1.82, 2.24) is 0 Å². The molecule has 0 aromatic heterocycles. The van der Waals surface area contributed by atoms with Gasteiger partial charge in [0, 0.05) is 0 Å². The molecule has 0 amide bonds. The number of hydrogen-bond acceptors (Lipinski definition) is 4. The topological polar surface area (TPSA) is 68.3 Å². The summed E-state index contributed by atoms with van der Waals surface area (Å²) < 4.78 is 56.0. The second kappa shape index (κ2) is 9.61. The number of sulfone groups is 2. The molecule has 0 bridgehead atoms. The van der Waals surface area contributed by atoms with Gasteiger partial charge in [0.1, 0.15) is 0 Å². The number of aryl methyl sites for hydroxylation is 2. The van der Waals surface area contributed by atoms with Crippen LogP contribution in [0.5, 0.6) is 0 Å². The van der Waals surface area contributed by atoms with Gasteiger partial charge in [-0.1, -0.05) is 96.1 Å². The van der Waals surface area contributed by atoms with E-state index in [-0.39, 0.29) is 19.6 Å². The first-order valence-electron chi connectivity index (χ1n) is 14.8. The first-order valence-corrected chi connectivity index (χ1v) is 17.7. The highest BCUT2D eigenvalue weighted by Crippen LogP contribution is 2.63. The van der Waals surface area contributed by atoms with Crippen LogP contribution in [-0.4, -0.2) is 16.8 Å². The van der Waals surface area contributed by atoms with Crippen LogP contribution in [0.15, 0.2) is 153 Å². The molecule has 6 heteroatoms. The van der Waals surface area contributed by atoms with Crippen LogP contribution in [-0.2, 0) is 25.1 Å². The summed E-state index contributed by atoms with van der Waals surface area (Å²) in [7, 11) is -7.66. The third-order valence-corrected chi connectivity index (χ3v) is 12.9. The van der Waals surface area contributed by atoms with Crippen molar-refractivity contribution in [1.29, 1.82) is 0 Å². The van der Waals surface area contributed by atoms with Crippen molar-refractivity contribution in [2.24, 2.45) is 0 Å². The fraction of sp³-hybridized carbons (Fsp3) is 0.0769. The third-order valence-electron chi connectivity index (χ3n) is 9.32. The van der Waals surface area contributed by atoms with Crippen molar-refractivity contribution in [2.75, 3.05) is 0 Å². The van der Waals surface area contributed by atoms with Crippen LogP contribution in [0.2, 0.25) is 0 Å². The molecule has 45 heavy (non-hydrogen) atoms. The molecule has 6 aromatic carbocycles. The Morgan fingerprint density at radius 2 is 0.711 bits per heavy atom. The predicted molar refractivity (Wildman–Crippen MR) is 176 cm³/mol. The van der Waals surface area contributed by atoms with Gasteiger partial charge in [-0.25, -0.2) is 16.8 Å². The molecule has 0 atom stereocenters. The van der Waals surface area contributed by atoms with Gasteiger partial charge in [-0.3, -0.25) is 0 Å². The lowest BCUT2D eigenvalue weighted by molar-refractivity contribution is 0.594. The molecule has 1 spiro atoms. The van der Waals surface area contributed by atoms with E-state index in [9.17, 15) is 16.8 Å². The fourth-order valence-electron chi connectivity index (χ4n) is 7.14. The first-order chi connectivity index (χ1) is 21.6. The van der Waals surface area contributed by atoms with Gasteiger partial charge in [-0.15, -0.1) is 0 Å². The zero-order valence-corrected chi connectivity index (χ0v) is 26.3. The van der Waals surface area contributed by atoms with Crippen molar-refractivity contribution in [3.05, 3.63) is 167 Å². The lowest BCUT2D eigenvalue weighted by Crippen LogP contribution is -2.26. The molecular weight excluding hydrogens is 597 g/mol. The molecule has 2 aliphatic rings. The second-order valence-corrected chi connectivity index (χ2v) is 15.8. The van der Waals surface area contributed by atoms with Gasteiger partial charge in [0.25, 0.3) is 0 Å². The highest BCUT2D eigenvalue weighted by atomic mass is 32.2. The highest BCUT2D eigenvalue weighted by molar-refractivity contribution is 7.91. The van der Waals surface area contributed by atoms with Crippen molar-refractivity contribution in [3.63, 3.8) is 0 Å². The summed E-state index contributed by atoms with van der Waals surface area (Å²) >= 11 is 0. The Morgan fingerprint density at radius 3 is 1.11 bits per heavy atom. The zero-order chi connectivity index (χ0) is 31.1. The van der Waals surface area contributed by atoms with Gasteiger partial charge in [-0.2, -0.15) is 0 Å². The fourth-order valence-corrected chi connectivity index (χ4v) is 9.71. The molecule has 0 fully saturated rings. The molecule has 0 radical (unpaired) electrons. The van der Waals surface area contributed by atoms with E-state index < -0.39 is 25.1 Å². The Hall–Kier alpha value is -4.78. The maximum Gasteiger partial charge on any atom is 0.206 e. The second-order valence-electron chi connectivity index (χ2n) is 11.9. The Kier molecular flexibility index (Phi) is 5.92. The van der Waals surface area contributed by atoms with Crippen molar-refractivity contribution in [2.45, 2.75) is 38.8 Å². The Bertz CT molecular complexity index is 2230. The van der Waals surface area contributed by atoms with E-state index in [1.807, 2.05) is 50.2 Å². The summed E-state index contributed by atoms with van der Waals surface area (Å²) in [6.07, 6.45) is 0. The molecule has 2 aliphatic carbocycles. The monoisotopic (exact) mass is 624 g/mol. The largest absolute Gasteiger partial charge is 0.219 e. The number of hydrogen-bond donors (Lipinski definition) is 0. The van der Waals surface area contributed by atoms with E-state index in [4.69, 9.17) is 0 Å². The summed E-state index contributed by atoms with van der Waals surface area (Å²) in [6.45, 7) is 3.85. The van der Waals surface area contributed by atoms with E-state index in [1.165, 1.54) is 0 Å². The van der Waals surface area contributed by atoms with Crippen LogP contribution in [0.1, 0.15) is 33.4 Å². The SMILES string of the molecule is Cc1ccc(S(=O)(=O)c2ccc3c(c2)C2(c4ccccc4-c4ccccc42)c2cc(S(=O)(=O)c4ccc(C)cc4)ccc2-3)cc1. The van der Waals surface area contributed by atoms with E-state index >= 15 is 0 Å². The summed E-state index contributed by atoms with van der Waals surface area (Å²) in [5, 5.41) is 0. The van der Waals surface area contributed by atoms with Crippen LogP contribution in [0.3, 0.4) is 0 Å². The molecule has 6 aromatic rings. The Balaban J connectivity index is 1.43. The minimum Gasteiger partial charge on any atom is -0.219 e.